The van der Waals surface area contributed by atoms with Crippen molar-refractivity contribution in [1.29, 1.82) is 0 Å². The van der Waals surface area contributed by atoms with Gasteiger partial charge in [0.1, 0.15) is 5.75 Å². The maximum atomic E-state index is 13.5. The number of aliphatic hydroxyl groups is 1. The summed E-state index contributed by atoms with van der Waals surface area (Å²) in [5.41, 5.74) is 1.76. The number of aryl methyl sites for hydroxylation is 2. The molecule has 1 unspecified atom stereocenters. The molecule has 7 nitrogen and oxygen atoms in total. The van der Waals surface area contributed by atoms with E-state index in [9.17, 15) is 14.7 Å². The summed E-state index contributed by atoms with van der Waals surface area (Å²) >= 11 is 1.25. The van der Waals surface area contributed by atoms with Gasteiger partial charge in [-0.3, -0.25) is 19.5 Å². The van der Waals surface area contributed by atoms with E-state index in [1.54, 1.807) is 55.7 Å². The molecule has 0 bridgehead atoms. The normalized spacial score (nSPS) is 16.2. The number of hydrogen-bond acceptors (Lipinski definition) is 7. The number of pyridine rings is 1. The van der Waals surface area contributed by atoms with E-state index in [4.69, 9.17) is 4.74 Å². The molecule has 3 aromatic rings. The van der Waals surface area contributed by atoms with E-state index in [-0.39, 0.29) is 5.57 Å². The first kappa shape index (κ1) is 20.7. The smallest absolute Gasteiger partial charge is 0.294 e. The summed E-state index contributed by atoms with van der Waals surface area (Å²) in [6.45, 7) is 5.97. The predicted molar refractivity (Wildman–Crippen MR) is 118 cm³/mol. The molecule has 3 heterocycles. The van der Waals surface area contributed by atoms with E-state index in [0.29, 0.717) is 34.2 Å². The highest BCUT2D eigenvalue weighted by atomic mass is 32.1. The van der Waals surface area contributed by atoms with Gasteiger partial charge in [-0.05, 0) is 56.7 Å². The van der Waals surface area contributed by atoms with Crippen LogP contribution in [0.5, 0.6) is 5.75 Å². The molecule has 2 aromatic heterocycles. The highest BCUT2D eigenvalue weighted by molar-refractivity contribution is 7.14. The molecule has 158 valence electrons. The number of anilines is 1. The Balaban J connectivity index is 1.83. The van der Waals surface area contributed by atoms with Crippen LogP contribution in [0.15, 0.2) is 60.1 Å². The van der Waals surface area contributed by atoms with Crippen molar-refractivity contribution in [2.45, 2.75) is 26.8 Å². The summed E-state index contributed by atoms with van der Waals surface area (Å²) in [7, 11) is 0. The summed E-state index contributed by atoms with van der Waals surface area (Å²) in [4.78, 5) is 36.9. The Labute approximate surface area is 183 Å². The minimum atomic E-state index is -0.812. The lowest BCUT2D eigenvalue weighted by Crippen LogP contribution is -2.31. The average molecular weight is 436 g/mol. The lowest BCUT2D eigenvalue weighted by atomic mass is 9.96. The van der Waals surface area contributed by atoms with Crippen molar-refractivity contribution in [3.63, 3.8) is 0 Å². The van der Waals surface area contributed by atoms with Crippen LogP contribution in [-0.4, -0.2) is 33.4 Å². The fraction of sp³-hybridized carbons (Fsp3) is 0.217. The molecule has 0 spiro atoms. The molecular weight excluding hydrogens is 414 g/mol. The number of aliphatic hydroxyl groups excluding tert-OH is 1. The second-order valence-electron chi connectivity index (χ2n) is 7.03. The molecule has 1 aliphatic heterocycles. The predicted octanol–water partition coefficient (Wildman–Crippen LogP) is 4.34. The fourth-order valence-electron chi connectivity index (χ4n) is 3.69. The quantitative estimate of drug-likeness (QED) is 0.579. The van der Waals surface area contributed by atoms with Gasteiger partial charge < -0.3 is 9.84 Å². The fourth-order valence-corrected chi connectivity index (χ4v) is 4.56. The zero-order valence-electron chi connectivity index (χ0n) is 17.3. The van der Waals surface area contributed by atoms with E-state index in [2.05, 4.69) is 9.97 Å². The lowest BCUT2D eigenvalue weighted by molar-refractivity contribution is -0.117. The van der Waals surface area contributed by atoms with Gasteiger partial charge in [0.25, 0.3) is 5.91 Å². The topological polar surface area (TPSA) is 92.6 Å². The molecule has 1 aromatic carbocycles. The van der Waals surface area contributed by atoms with Crippen LogP contribution in [0.3, 0.4) is 0 Å². The third kappa shape index (κ3) is 3.70. The van der Waals surface area contributed by atoms with Crippen molar-refractivity contribution in [2.75, 3.05) is 11.5 Å². The number of carbonyl (C=O) groups is 2. The Kier molecular flexibility index (Phi) is 5.56. The highest BCUT2D eigenvalue weighted by Gasteiger charge is 2.45. The molecule has 0 fully saturated rings. The molecule has 0 aliphatic carbocycles. The number of amides is 1. The van der Waals surface area contributed by atoms with Gasteiger partial charge in [-0.2, -0.15) is 0 Å². The van der Waals surface area contributed by atoms with Gasteiger partial charge in [0.15, 0.2) is 5.76 Å². The minimum Gasteiger partial charge on any atom is -0.503 e. The van der Waals surface area contributed by atoms with Crippen molar-refractivity contribution in [1.82, 2.24) is 9.97 Å². The van der Waals surface area contributed by atoms with Crippen LogP contribution < -0.4 is 9.64 Å². The Bertz CT molecular complexity index is 1170. The molecule has 1 N–H and O–H groups in total. The molecule has 1 aliphatic rings. The van der Waals surface area contributed by atoms with Crippen LogP contribution in [0.4, 0.5) is 5.69 Å². The molecule has 4 rings (SSSR count). The first-order valence-electron chi connectivity index (χ1n) is 9.80. The Morgan fingerprint density at radius 1 is 1.23 bits per heavy atom. The van der Waals surface area contributed by atoms with Crippen LogP contribution in [0, 0.1) is 13.8 Å². The van der Waals surface area contributed by atoms with Crippen molar-refractivity contribution in [3.05, 3.63) is 81.3 Å². The van der Waals surface area contributed by atoms with Gasteiger partial charge in [-0.15, -0.1) is 11.3 Å². The van der Waals surface area contributed by atoms with Crippen molar-refractivity contribution in [3.8, 4) is 5.75 Å². The number of ether oxygens (including phenoxy) is 1. The molecule has 0 radical (unpaired) electrons. The molecule has 0 saturated carbocycles. The monoisotopic (exact) mass is 435 g/mol. The number of benzene rings is 1. The number of aromatic nitrogens is 2. The van der Waals surface area contributed by atoms with Crippen LogP contribution >= 0.6 is 11.3 Å². The zero-order chi connectivity index (χ0) is 22.1. The van der Waals surface area contributed by atoms with E-state index in [1.807, 2.05) is 13.8 Å². The minimum absolute atomic E-state index is 0.0265. The molecule has 8 heteroatoms. The lowest BCUT2D eigenvalue weighted by Gasteiger charge is -2.26. The van der Waals surface area contributed by atoms with Gasteiger partial charge in [-0.1, -0.05) is 6.07 Å². The maximum absolute atomic E-state index is 13.5. The van der Waals surface area contributed by atoms with E-state index >= 15 is 0 Å². The Morgan fingerprint density at radius 3 is 2.55 bits per heavy atom. The number of Topliss-reactive ketones (excluding diaryl/α,β-unsaturated/α-hetero) is 1. The second-order valence-corrected chi connectivity index (χ2v) is 8.23. The summed E-state index contributed by atoms with van der Waals surface area (Å²) in [6.07, 6.45) is 3.21. The number of nitrogens with zero attached hydrogens (tertiary/aromatic N) is 3. The van der Waals surface area contributed by atoms with Gasteiger partial charge in [0.2, 0.25) is 5.78 Å². The zero-order valence-corrected chi connectivity index (χ0v) is 18.1. The number of rotatable bonds is 6. The molecule has 1 amide bonds. The van der Waals surface area contributed by atoms with Gasteiger partial charge >= 0.3 is 0 Å². The summed E-state index contributed by atoms with van der Waals surface area (Å²) in [6, 6.07) is 9.66. The summed E-state index contributed by atoms with van der Waals surface area (Å²) in [5, 5.41) is 11.5. The maximum Gasteiger partial charge on any atom is 0.294 e. The third-order valence-electron chi connectivity index (χ3n) is 4.99. The van der Waals surface area contributed by atoms with E-state index in [0.717, 1.165) is 5.01 Å². The third-order valence-corrected chi connectivity index (χ3v) is 6.06. The van der Waals surface area contributed by atoms with Gasteiger partial charge in [-0.25, -0.2) is 4.98 Å². The second kappa shape index (κ2) is 8.31. The standard InChI is InChI=1S/C23H21N3O4S/c1-4-30-17-9-7-16(8-10-17)26-19(15-6-5-11-24-12-15)18(21(28)23(26)29)20(27)22-13(2)25-14(3)31-22/h5-12,19,28H,4H2,1-3H3. The van der Waals surface area contributed by atoms with E-state index in [1.165, 1.54) is 16.2 Å². The largest absolute Gasteiger partial charge is 0.503 e. The van der Waals surface area contributed by atoms with Gasteiger partial charge in [0, 0.05) is 18.1 Å². The number of thiazole rings is 1. The first-order chi connectivity index (χ1) is 14.9. The summed E-state index contributed by atoms with van der Waals surface area (Å²) < 4.78 is 5.48. The highest BCUT2D eigenvalue weighted by Crippen LogP contribution is 2.42. The van der Waals surface area contributed by atoms with Gasteiger partial charge in [0.05, 0.1) is 33.8 Å². The van der Waals surface area contributed by atoms with Crippen LogP contribution in [0.25, 0.3) is 0 Å². The molecule has 0 saturated heterocycles. The SMILES string of the molecule is CCOc1ccc(N2C(=O)C(O)=C(C(=O)c3sc(C)nc3C)C2c2cccnc2)cc1. The van der Waals surface area contributed by atoms with Crippen molar-refractivity contribution in [2.24, 2.45) is 0 Å². The number of carbonyl (C=O) groups excluding carboxylic acids is 2. The van der Waals surface area contributed by atoms with E-state index < -0.39 is 23.5 Å². The van der Waals surface area contributed by atoms with Crippen molar-refractivity contribution < 1.29 is 19.4 Å². The Morgan fingerprint density at radius 2 is 1.97 bits per heavy atom. The number of ketones is 1. The summed E-state index contributed by atoms with van der Waals surface area (Å²) in [5.74, 6) is -0.935. The first-order valence-corrected chi connectivity index (χ1v) is 10.6. The van der Waals surface area contributed by atoms with Crippen molar-refractivity contribution >= 4 is 28.7 Å². The van der Waals surface area contributed by atoms with Crippen LogP contribution in [0.1, 0.15) is 38.9 Å². The average Bonchev–Trinajstić information content (AvgIpc) is 3.25. The number of hydrogen-bond donors (Lipinski definition) is 1. The Hall–Kier alpha value is -3.52. The molecule has 1 atom stereocenters. The molecule has 31 heavy (non-hydrogen) atoms. The van der Waals surface area contributed by atoms with Crippen LogP contribution in [0.2, 0.25) is 0 Å². The molecular formula is C23H21N3O4S. The van der Waals surface area contributed by atoms with Crippen LogP contribution in [-0.2, 0) is 4.79 Å².